The van der Waals surface area contributed by atoms with Gasteiger partial charge in [0.15, 0.2) is 0 Å². The van der Waals surface area contributed by atoms with E-state index in [1.807, 2.05) is 37.3 Å². The van der Waals surface area contributed by atoms with Crippen molar-refractivity contribution in [1.82, 2.24) is 0 Å². The molecule has 0 aliphatic carbocycles. The number of aliphatic hydroxyl groups excluding tert-OH is 1. The van der Waals surface area contributed by atoms with Gasteiger partial charge in [0.25, 0.3) is 0 Å². The number of benzene rings is 2. The van der Waals surface area contributed by atoms with Crippen LogP contribution in [0.25, 0.3) is 0 Å². The lowest BCUT2D eigenvalue weighted by molar-refractivity contribution is 0.264. The molecule has 0 bridgehead atoms. The number of hydrogen-bond donors (Lipinski definition) is 1. The quantitative estimate of drug-likeness (QED) is 0.893. The van der Waals surface area contributed by atoms with E-state index in [9.17, 15) is 9.50 Å². The van der Waals surface area contributed by atoms with Crippen LogP contribution < -0.4 is 0 Å². The predicted octanol–water partition coefficient (Wildman–Crippen LogP) is 4.22. The Hall–Kier alpha value is -1.19. The molecule has 0 fully saturated rings. The van der Waals surface area contributed by atoms with E-state index in [4.69, 9.17) is 0 Å². The first-order chi connectivity index (χ1) is 9.11. The molecule has 1 N–H and O–H groups in total. The topological polar surface area (TPSA) is 20.2 Å². The molecule has 0 aliphatic rings. The summed E-state index contributed by atoms with van der Waals surface area (Å²) in [5.74, 6) is -0.281. The summed E-state index contributed by atoms with van der Waals surface area (Å²) in [6.45, 7) is 2.08. The van der Waals surface area contributed by atoms with Crippen LogP contribution >= 0.6 is 15.9 Å². The summed E-state index contributed by atoms with van der Waals surface area (Å²) >= 11 is 3.27. The fraction of sp³-hybridized carbons (Fsp3) is 0.250. The van der Waals surface area contributed by atoms with Crippen LogP contribution in [0.3, 0.4) is 0 Å². The van der Waals surface area contributed by atoms with Crippen LogP contribution in [0.1, 0.15) is 22.6 Å². The summed E-state index contributed by atoms with van der Waals surface area (Å²) in [5, 5.41) is 9.56. The van der Waals surface area contributed by atoms with Gasteiger partial charge in [-0.25, -0.2) is 4.39 Å². The molecule has 0 saturated heterocycles. The SMILES string of the molecule is Cc1ccc(C(CO)Cc2cccc(F)c2Br)cc1. The zero-order valence-corrected chi connectivity index (χ0v) is 12.3. The maximum absolute atomic E-state index is 13.5. The van der Waals surface area contributed by atoms with Crippen LogP contribution in [-0.4, -0.2) is 11.7 Å². The van der Waals surface area contributed by atoms with Crippen molar-refractivity contribution in [1.29, 1.82) is 0 Å². The summed E-state index contributed by atoms with van der Waals surface area (Å²) in [6, 6.07) is 13.1. The molecule has 19 heavy (non-hydrogen) atoms. The lowest BCUT2D eigenvalue weighted by atomic mass is 9.92. The highest BCUT2D eigenvalue weighted by Crippen LogP contribution is 2.27. The second-order valence-electron chi connectivity index (χ2n) is 4.71. The summed E-state index contributed by atoms with van der Waals surface area (Å²) in [6.07, 6.45) is 0.609. The molecule has 1 nitrogen and oxygen atoms in total. The molecule has 0 heterocycles. The smallest absolute Gasteiger partial charge is 0.137 e. The van der Waals surface area contributed by atoms with Gasteiger partial charge < -0.3 is 5.11 Å². The molecule has 0 spiro atoms. The average molecular weight is 323 g/mol. The van der Waals surface area contributed by atoms with E-state index in [1.54, 1.807) is 6.07 Å². The highest BCUT2D eigenvalue weighted by Gasteiger charge is 2.14. The minimum atomic E-state index is -0.266. The molecule has 0 amide bonds. The molecular formula is C16H16BrFO. The molecule has 0 saturated carbocycles. The van der Waals surface area contributed by atoms with E-state index in [2.05, 4.69) is 15.9 Å². The van der Waals surface area contributed by atoms with E-state index in [0.29, 0.717) is 10.9 Å². The molecule has 1 atom stereocenters. The van der Waals surface area contributed by atoms with Crippen molar-refractivity contribution in [2.75, 3.05) is 6.61 Å². The first kappa shape index (κ1) is 14.2. The summed E-state index contributed by atoms with van der Waals surface area (Å²) in [5.41, 5.74) is 3.14. The summed E-state index contributed by atoms with van der Waals surface area (Å²) in [4.78, 5) is 0. The van der Waals surface area contributed by atoms with E-state index < -0.39 is 0 Å². The monoisotopic (exact) mass is 322 g/mol. The maximum atomic E-state index is 13.5. The number of hydrogen-bond acceptors (Lipinski definition) is 1. The normalized spacial score (nSPS) is 12.4. The first-order valence-electron chi connectivity index (χ1n) is 6.22. The molecular weight excluding hydrogens is 307 g/mol. The van der Waals surface area contributed by atoms with Crippen molar-refractivity contribution in [2.45, 2.75) is 19.3 Å². The molecule has 3 heteroatoms. The molecule has 0 aromatic heterocycles. The van der Waals surface area contributed by atoms with Crippen LogP contribution in [0.2, 0.25) is 0 Å². The summed E-state index contributed by atoms with van der Waals surface area (Å²) < 4.78 is 14.0. The van der Waals surface area contributed by atoms with E-state index in [1.165, 1.54) is 11.6 Å². The van der Waals surface area contributed by atoms with Gasteiger partial charge in [0.2, 0.25) is 0 Å². The number of aryl methyl sites for hydroxylation is 1. The molecule has 0 aliphatic heterocycles. The van der Waals surface area contributed by atoms with Crippen molar-refractivity contribution >= 4 is 15.9 Å². The molecule has 1 unspecified atom stereocenters. The van der Waals surface area contributed by atoms with Crippen LogP contribution in [-0.2, 0) is 6.42 Å². The van der Waals surface area contributed by atoms with Gasteiger partial charge in [-0.2, -0.15) is 0 Å². The van der Waals surface area contributed by atoms with Gasteiger partial charge in [0, 0.05) is 5.92 Å². The minimum absolute atomic E-state index is 0.0151. The Kier molecular flexibility index (Phi) is 4.72. The second-order valence-corrected chi connectivity index (χ2v) is 5.50. The van der Waals surface area contributed by atoms with Gasteiger partial charge in [-0.15, -0.1) is 0 Å². The highest BCUT2D eigenvalue weighted by atomic mass is 79.9. The van der Waals surface area contributed by atoms with Gasteiger partial charge in [-0.3, -0.25) is 0 Å². The van der Waals surface area contributed by atoms with Gasteiger partial charge in [-0.1, -0.05) is 42.0 Å². The lowest BCUT2D eigenvalue weighted by Crippen LogP contribution is -2.08. The van der Waals surface area contributed by atoms with Gasteiger partial charge in [0.05, 0.1) is 11.1 Å². The third-order valence-electron chi connectivity index (χ3n) is 3.27. The van der Waals surface area contributed by atoms with E-state index in [-0.39, 0.29) is 18.3 Å². The third kappa shape index (κ3) is 3.43. The van der Waals surface area contributed by atoms with E-state index >= 15 is 0 Å². The van der Waals surface area contributed by atoms with E-state index in [0.717, 1.165) is 11.1 Å². The van der Waals surface area contributed by atoms with Gasteiger partial charge >= 0.3 is 0 Å². The highest BCUT2D eigenvalue weighted by molar-refractivity contribution is 9.10. The Balaban J connectivity index is 2.24. The molecule has 100 valence electrons. The van der Waals surface area contributed by atoms with Crippen LogP contribution in [0.4, 0.5) is 4.39 Å². The number of halogens is 2. The fourth-order valence-corrected chi connectivity index (χ4v) is 2.52. The van der Waals surface area contributed by atoms with Crippen molar-refractivity contribution in [3.8, 4) is 0 Å². The zero-order valence-electron chi connectivity index (χ0n) is 10.7. The molecule has 2 aromatic rings. The Labute approximate surface area is 121 Å². The fourth-order valence-electron chi connectivity index (χ4n) is 2.10. The Bertz CT molecular complexity index is 551. The molecule has 0 radical (unpaired) electrons. The van der Waals surface area contributed by atoms with Gasteiger partial charge in [-0.05, 0) is 46.5 Å². The third-order valence-corrected chi connectivity index (χ3v) is 4.16. The Morgan fingerprint density at radius 2 is 1.84 bits per heavy atom. The first-order valence-corrected chi connectivity index (χ1v) is 7.01. The van der Waals surface area contributed by atoms with Crippen LogP contribution in [0, 0.1) is 12.7 Å². The molecule has 2 rings (SSSR count). The standard InChI is InChI=1S/C16H16BrFO/c1-11-5-7-12(8-6-11)14(10-19)9-13-3-2-4-15(18)16(13)17/h2-8,14,19H,9-10H2,1H3. The zero-order chi connectivity index (χ0) is 13.8. The van der Waals surface area contributed by atoms with Gasteiger partial charge in [0.1, 0.15) is 5.82 Å². The van der Waals surface area contributed by atoms with Crippen molar-refractivity contribution in [3.05, 3.63) is 69.4 Å². The summed E-state index contributed by atoms with van der Waals surface area (Å²) in [7, 11) is 0. The maximum Gasteiger partial charge on any atom is 0.137 e. The molecule has 2 aromatic carbocycles. The van der Waals surface area contributed by atoms with Crippen LogP contribution in [0.5, 0.6) is 0 Å². The predicted molar refractivity (Wildman–Crippen MR) is 78.8 cm³/mol. The van der Waals surface area contributed by atoms with Crippen LogP contribution in [0.15, 0.2) is 46.9 Å². The lowest BCUT2D eigenvalue weighted by Gasteiger charge is -2.16. The Morgan fingerprint density at radius 3 is 2.47 bits per heavy atom. The van der Waals surface area contributed by atoms with Crippen molar-refractivity contribution in [2.24, 2.45) is 0 Å². The Morgan fingerprint density at radius 1 is 1.16 bits per heavy atom. The minimum Gasteiger partial charge on any atom is -0.396 e. The second kappa shape index (κ2) is 6.31. The van der Waals surface area contributed by atoms with Crippen molar-refractivity contribution in [3.63, 3.8) is 0 Å². The number of aliphatic hydroxyl groups is 1. The largest absolute Gasteiger partial charge is 0.396 e. The number of rotatable bonds is 4. The average Bonchev–Trinajstić information content (AvgIpc) is 2.42. The van der Waals surface area contributed by atoms with Crippen molar-refractivity contribution < 1.29 is 9.50 Å².